The Hall–Kier alpha value is -0.590. The highest BCUT2D eigenvalue weighted by atomic mass is 79.9. The Morgan fingerprint density at radius 3 is 2.44 bits per heavy atom. The molecule has 0 saturated carbocycles. The number of hydrogen-bond acceptors (Lipinski definition) is 3. The van der Waals surface area contributed by atoms with Crippen LogP contribution >= 0.6 is 15.9 Å². The summed E-state index contributed by atoms with van der Waals surface area (Å²) in [5.74, 6) is 0. The van der Waals surface area contributed by atoms with Crippen molar-refractivity contribution in [1.29, 1.82) is 0 Å². The van der Waals surface area contributed by atoms with Gasteiger partial charge in [-0.1, -0.05) is 15.9 Å². The number of benzene rings is 1. The minimum absolute atomic E-state index is 0.206. The van der Waals surface area contributed by atoms with Gasteiger partial charge in [0.05, 0.1) is 5.69 Å². The zero-order valence-electron chi connectivity index (χ0n) is 8.69. The van der Waals surface area contributed by atoms with Crippen molar-refractivity contribution >= 4 is 31.6 Å². The number of nitrogen functional groups attached to an aromatic ring is 1. The van der Waals surface area contributed by atoms with Gasteiger partial charge >= 0.3 is 0 Å². The van der Waals surface area contributed by atoms with E-state index in [1.807, 2.05) is 0 Å². The molecule has 1 fully saturated rings. The average Bonchev–Trinajstić information content (AvgIpc) is 2.69. The van der Waals surface area contributed by atoms with Gasteiger partial charge in [-0.3, -0.25) is 0 Å². The SMILES string of the molecule is Nc1cc(Br)ccc1S(=O)(=O)N1CCCC1. The maximum atomic E-state index is 12.2. The molecular weight excluding hydrogens is 292 g/mol. The number of halogens is 1. The van der Waals surface area contributed by atoms with Gasteiger partial charge in [0.2, 0.25) is 10.0 Å². The number of nitrogens with two attached hydrogens (primary N) is 1. The first-order chi connectivity index (χ1) is 7.51. The lowest BCUT2D eigenvalue weighted by Gasteiger charge is -2.16. The van der Waals surface area contributed by atoms with E-state index < -0.39 is 10.0 Å². The molecule has 0 aromatic heterocycles. The summed E-state index contributed by atoms with van der Waals surface area (Å²) >= 11 is 3.26. The normalized spacial score (nSPS) is 17.8. The quantitative estimate of drug-likeness (QED) is 0.848. The number of anilines is 1. The number of hydrogen-bond donors (Lipinski definition) is 1. The summed E-state index contributed by atoms with van der Waals surface area (Å²) < 4.78 is 26.7. The predicted molar refractivity (Wildman–Crippen MR) is 66.5 cm³/mol. The molecule has 1 aromatic carbocycles. The number of rotatable bonds is 2. The van der Waals surface area contributed by atoms with Crippen LogP contribution in [-0.4, -0.2) is 25.8 Å². The van der Waals surface area contributed by atoms with Crippen molar-refractivity contribution in [2.75, 3.05) is 18.8 Å². The fraction of sp³-hybridized carbons (Fsp3) is 0.400. The molecule has 1 aliphatic rings. The second-order valence-electron chi connectivity index (χ2n) is 3.79. The van der Waals surface area contributed by atoms with Crippen molar-refractivity contribution in [1.82, 2.24) is 4.31 Å². The molecule has 0 bridgehead atoms. The summed E-state index contributed by atoms with van der Waals surface area (Å²) in [5.41, 5.74) is 6.03. The van der Waals surface area contributed by atoms with Gasteiger partial charge in [0.15, 0.2) is 0 Å². The van der Waals surface area contributed by atoms with Crippen LogP contribution in [0.25, 0.3) is 0 Å². The van der Waals surface area contributed by atoms with Crippen LogP contribution in [0.4, 0.5) is 5.69 Å². The largest absolute Gasteiger partial charge is 0.398 e. The van der Waals surface area contributed by atoms with Crippen molar-refractivity contribution in [3.05, 3.63) is 22.7 Å². The van der Waals surface area contributed by atoms with Gasteiger partial charge in [-0.05, 0) is 31.0 Å². The summed E-state index contributed by atoms with van der Waals surface area (Å²) in [6, 6.07) is 4.86. The van der Waals surface area contributed by atoms with Crippen LogP contribution in [0.2, 0.25) is 0 Å². The van der Waals surface area contributed by atoms with Crippen molar-refractivity contribution < 1.29 is 8.42 Å². The van der Waals surface area contributed by atoms with Crippen LogP contribution in [0.5, 0.6) is 0 Å². The molecule has 0 unspecified atom stereocenters. The smallest absolute Gasteiger partial charge is 0.245 e. The summed E-state index contributed by atoms with van der Waals surface area (Å²) in [5, 5.41) is 0. The standard InChI is InChI=1S/C10H13BrN2O2S/c11-8-3-4-10(9(12)7-8)16(14,15)13-5-1-2-6-13/h3-4,7H,1-2,5-6,12H2. The number of sulfonamides is 1. The summed E-state index contributed by atoms with van der Waals surface area (Å²) in [6.45, 7) is 1.19. The molecule has 0 amide bonds. The van der Waals surface area contributed by atoms with Crippen molar-refractivity contribution in [3.63, 3.8) is 0 Å². The highest BCUT2D eigenvalue weighted by Crippen LogP contribution is 2.27. The van der Waals surface area contributed by atoms with Gasteiger partial charge in [-0.15, -0.1) is 0 Å². The van der Waals surface area contributed by atoms with Crippen LogP contribution in [0, 0.1) is 0 Å². The lowest BCUT2D eigenvalue weighted by Crippen LogP contribution is -2.28. The maximum Gasteiger partial charge on any atom is 0.245 e. The molecule has 0 spiro atoms. The predicted octanol–water partition coefficient (Wildman–Crippen LogP) is 1.82. The molecule has 0 atom stereocenters. The van der Waals surface area contributed by atoms with E-state index >= 15 is 0 Å². The Kier molecular flexibility index (Phi) is 3.23. The van der Waals surface area contributed by atoms with E-state index in [0.717, 1.165) is 17.3 Å². The Morgan fingerprint density at radius 2 is 1.88 bits per heavy atom. The van der Waals surface area contributed by atoms with Crippen LogP contribution in [0.15, 0.2) is 27.6 Å². The topological polar surface area (TPSA) is 63.4 Å². The highest BCUT2D eigenvalue weighted by molar-refractivity contribution is 9.10. The Bertz CT molecular complexity index is 496. The van der Waals surface area contributed by atoms with Gasteiger partial charge in [-0.25, -0.2) is 8.42 Å². The molecule has 4 nitrogen and oxygen atoms in total. The maximum absolute atomic E-state index is 12.2. The van der Waals surface area contributed by atoms with Crippen LogP contribution < -0.4 is 5.73 Å². The molecule has 1 saturated heterocycles. The third-order valence-corrected chi connectivity index (χ3v) is 5.12. The lowest BCUT2D eigenvalue weighted by atomic mass is 10.3. The third kappa shape index (κ3) is 2.09. The highest BCUT2D eigenvalue weighted by Gasteiger charge is 2.28. The van der Waals surface area contributed by atoms with Crippen molar-refractivity contribution in [3.8, 4) is 0 Å². The van der Waals surface area contributed by atoms with Crippen LogP contribution in [-0.2, 0) is 10.0 Å². The van der Waals surface area contributed by atoms with E-state index in [2.05, 4.69) is 15.9 Å². The Labute approximate surface area is 104 Å². The number of nitrogens with zero attached hydrogens (tertiary/aromatic N) is 1. The second kappa shape index (κ2) is 4.35. The van der Waals surface area contributed by atoms with E-state index in [4.69, 9.17) is 5.73 Å². The fourth-order valence-corrected chi connectivity index (χ4v) is 3.81. The van der Waals surface area contributed by atoms with Crippen LogP contribution in [0.1, 0.15) is 12.8 Å². The minimum atomic E-state index is -3.40. The minimum Gasteiger partial charge on any atom is -0.398 e. The molecule has 88 valence electrons. The molecule has 2 rings (SSSR count). The molecule has 1 heterocycles. The van der Waals surface area contributed by atoms with Gasteiger partial charge in [0.1, 0.15) is 4.90 Å². The zero-order chi connectivity index (χ0) is 11.8. The van der Waals surface area contributed by atoms with Gasteiger partial charge < -0.3 is 5.73 Å². The van der Waals surface area contributed by atoms with Gasteiger partial charge in [0, 0.05) is 17.6 Å². The molecule has 6 heteroatoms. The molecular formula is C10H13BrN2O2S. The van der Waals surface area contributed by atoms with E-state index in [1.54, 1.807) is 18.2 Å². The van der Waals surface area contributed by atoms with E-state index in [9.17, 15) is 8.42 Å². The van der Waals surface area contributed by atoms with E-state index in [-0.39, 0.29) is 4.90 Å². The van der Waals surface area contributed by atoms with E-state index in [0.29, 0.717) is 18.8 Å². The first kappa shape index (κ1) is 11.9. The first-order valence-corrected chi connectivity index (χ1v) is 7.30. The first-order valence-electron chi connectivity index (χ1n) is 5.07. The summed E-state index contributed by atoms with van der Waals surface area (Å²) in [7, 11) is -3.40. The molecule has 1 aliphatic heterocycles. The molecule has 0 aliphatic carbocycles. The zero-order valence-corrected chi connectivity index (χ0v) is 11.1. The second-order valence-corrected chi connectivity index (χ2v) is 6.62. The summed E-state index contributed by atoms with van der Waals surface area (Å²) in [6.07, 6.45) is 1.85. The van der Waals surface area contributed by atoms with Gasteiger partial charge in [0.25, 0.3) is 0 Å². The Morgan fingerprint density at radius 1 is 1.25 bits per heavy atom. The van der Waals surface area contributed by atoms with Gasteiger partial charge in [-0.2, -0.15) is 4.31 Å². The lowest BCUT2D eigenvalue weighted by molar-refractivity contribution is 0.478. The average molecular weight is 305 g/mol. The summed E-state index contributed by atoms with van der Waals surface area (Å²) in [4.78, 5) is 0.206. The van der Waals surface area contributed by atoms with Crippen LogP contribution in [0.3, 0.4) is 0 Å². The molecule has 16 heavy (non-hydrogen) atoms. The fourth-order valence-electron chi connectivity index (χ4n) is 1.82. The molecule has 1 aromatic rings. The molecule has 0 radical (unpaired) electrons. The van der Waals surface area contributed by atoms with Crippen molar-refractivity contribution in [2.45, 2.75) is 17.7 Å². The van der Waals surface area contributed by atoms with Crippen molar-refractivity contribution in [2.24, 2.45) is 0 Å². The Balaban J connectivity index is 2.42. The molecule has 2 N–H and O–H groups in total. The third-order valence-electron chi connectivity index (χ3n) is 2.65. The van der Waals surface area contributed by atoms with E-state index in [1.165, 1.54) is 4.31 Å². The monoisotopic (exact) mass is 304 g/mol.